The molecule has 1 heterocycles. The number of nitrogen functional groups attached to an aromatic ring is 1. The molecule has 4 nitrogen and oxygen atoms in total. The van der Waals surface area contributed by atoms with Gasteiger partial charge in [0.2, 0.25) is 0 Å². The minimum absolute atomic E-state index is 0.0844. The van der Waals surface area contributed by atoms with Crippen LogP contribution in [-0.4, -0.2) is 10.9 Å². The average molecular weight is 330 g/mol. The van der Waals surface area contributed by atoms with E-state index in [4.69, 9.17) is 5.73 Å². The van der Waals surface area contributed by atoms with Crippen molar-refractivity contribution in [3.8, 4) is 0 Å². The largest absolute Gasteiger partial charge is 0.399 e. The molecule has 0 spiro atoms. The van der Waals surface area contributed by atoms with E-state index >= 15 is 0 Å². The summed E-state index contributed by atoms with van der Waals surface area (Å²) in [6.07, 6.45) is 1.56. The van der Waals surface area contributed by atoms with Crippen LogP contribution < -0.4 is 11.1 Å². The van der Waals surface area contributed by atoms with Crippen LogP contribution in [0.3, 0.4) is 0 Å². The molecule has 0 atom stereocenters. The van der Waals surface area contributed by atoms with Crippen LogP contribution in [-0.2, 0) is 0 Å². The molecule has 18 heavy (non-hydrogen) atoms. The SMILES string of the molecule is Cc1cc(N)cc(C(=O)Nc2ncc(Br)s2)c1F. The number of amides is 1. The number of aromatic nitrogens is 1. The van der Waals surface area contributed by atoms with Gasteiger partial charge in [-0.1, -0.05) is 11.3 Å². The predicted molar refractivity (Wildman–Crippen MR) is 73.3 cm³/mol. The van der Waals surface area contributed by atoms with Crippen molar-refractivity contribution in [2.75, 3.05) is 11.1 Å². The van der Waals surface area contributed by atoms with Gasteiger partial charge in [-0.25, -0.2) is 9.37 Å². The van der Waals surface area contributed by atoms with Crippen molar-refractivity contribution in [3.63, 3.8) is 0 Å². The Morgan fingerprint density at radius 1 is 1.56 bits per heavy atom. The Hall–Kier alpha value is -1.47. The van der Waals surface area contributed by atoms with Gasteiger partial charge in [-0.3, -0.25) is 10.1 Å². The van der Waals surface area contributed by atoms with E-state index in [9.17, 15) is 9.18 Å². The van der Waals surface area contributed by atoms with Crippen LogP contribution in [0, 0.1) is 12.7 Å². The number of hydrogen-bond donors (Lipinski definition) is 2. The molecule has 2 rings (SSSR count). The standard InChI is InChI=1S/C11H9BrFN3OS/c1-5-2-6(14)3-7(9(5)13)10(17)16-11-15-4-8(12)18-11/h2-4H,14H2,1H3,(H,15,16,17). The molecule has 7 heteroatoms. The molecule has 2 aromatic rings. The monoisotopic (exact) mass is 329 g/mol. The topological polar surface area (TPSA) is 68.0 Å². The highest BCUT2D eigenvalue weighted by Crippen LogP contribution is 2.24. The maximum atomic E-state index is 13.8. The van der Waals surface area contributed by atoms with E-state index in [1.807, 2.05) is 0 Å². The minimum Gasteiger partial charge on any atom is -0.399 e. The van der Waals surface area contributed by atoms with E-state index in [0.29, 0.717) is 16.4 Å². The fourth-order valence-electron chi connectivity index (χ4n) is 1.44. The molecule has 0 saturated heterocycles. The first-order chi connectivity index (χ1) is 8.47. The van der Waals surface area contributed by atoms with Crippen molar-refractivity contribution in [3.05, 3.63) is 39.1 Å². The molecule has 0 aliphatic heterocycles. The average Bonchev–Trinajstić information content (AvgIpc) is 2.69. The van der Waals surface area contributed by atoms with Gasteiger partial charge in [-0.15, -0.1) is 0 Å². The molecular formula is C11H9BrFN3OS. The summed E-state index contributed by atoms with van der Waals surface area (Å²) in [7, 11) is 0. The zero-order valence-corrected chi connectivity index (χ0v) is 11.7. The van der Waals surface area contributed by atoms with Crippen LogP contribution >= 0.6 is 27.3 Å². The van der Waals surface area contributed by atoms with Gasteiger partial charge in [0.25, 0.3) is 5.91 Å². The Balaban J connectivity index is 2.29. The lowest BCUT2D eigenvalue weighted by molar-refractivity contribution is 0.102. The summed E-state index contributed by atoms with van der Waals surface area (Å²) >= 11 is 4.47. The van der Waals surface area contributed by atoms with Crippen molar-refractivity contribution in [2.24, 2.45) is 0 Å². The fourth-order valence-corrected chi connectivity index (χ4v) is 2.54. The van der Waals surface area contributed by atoms with Gasteiger partial charge in [0.05, 0.1) is 15.5 Å². The normalized spacial score (nSPS) is 10.4. The first kappa shape index (κ1) is 13.0. The molecule has 94 valence electrons. The van der Waals surface area contributed by atoms with Crippen LogP contribution in [0.25, 0.3) is 0 Å². The first-order valence-electron chi connectivity index (χ1n) is 4.95. The summed E-state index contributed by atoms with van der Waals surface area (Å²) in [5.41, 5.74) is 6.19. The number of nitrogens with two attached hydrogens (primary N) is 1. The van der Waals surface area contributed by atoms with Gasteiger partial charge in [-0.05, 0) is 40.5 Å². The van der Waals surface area contributed by atoms with Gasteiger partial charge in [0.1, 0.15) is 5.82 Å². The third-order valence-corrected chi connectivity index (χ3v) is 3.61. The number of halogens is 2. The Kier molecular flexibility index (Phi) is 3.63. The third-order valence-electron chi connectivity index (χ3n) is 2.22. The number of rotatable bonds is 2. The van der Waals surface area contributed by atoms with Crippen molar-refractivity contribution in [1.82, 2.24) is 4.98 Å². The van der Waals surface area contributed by atoms with Crippen molar-refractivity contribution < 1.29 is 9.18 Å². The Morgan fingerprint density at radius 3 is 2.89 bits per heavy atom. The Labute approximate surface area is 115 Å². The third kappa shape index (κ3) is 2.68. The lowest BCUT2D eigenvalue weighted by Gasteiger charge is -2.06. The molecular weight excluding hydrogens is 321 g/mol. The number of benzene rings is 1. The molecule has 1 aromatic carbocycles. The van der Waals surface area contributed by atoms with Crippen LogP contribution in [0.2, 0.25) is 0 Å². The van der Waals surface area contributed by atoms with Gasteiger partial charge < -0.3 is 5.73 Å². The van der Waals surface area contributed by atoms with Crippen LogP contribution in [0.5, 0.6) is 0 Å². The smallest absolute Gasteiger partial charge is 0.260 e. The molecule has 0 radical (unpaired) electrons. The molecule has 0 bridgehead atoms. The zero-order valence-electron chi connectivity index (χ0n) is 9.33. The fraction of sp³-hybridized carbons (Fsp3) is 0.0909. The highest BCUT2D eigenvalue weighted by atomic mass is 79.9. The second kappa shape index (κ2) is 5.03. The first-order valence-corrected chi connectivity index (χ1v) is 6.56. The van der Waals surface area contributed by atoms with E-state index in [1.54, 1.807) is 13.1 Å². The van der Waals surface area contributed by atoms with Crippen LogP contribution in [0.4, 0.5) is 15.2 Å². The quantitative estimate of drug-likeness (QED) is 0.831. The van der Waals surface area contributed by atoms with Gasteiger partial charge in [0, 0.05) is 5.69 Å². The van der Waals surface area contributed by atoms with E-state index in [2.05, 4.69) is 26.2 Å². The van der Waals surface area contributed by atoms with Crippen LogP contribution in [0.15, 0.2) is 22.1 Å². The highest BCUT2D eigenvalue weighted by Gasteiger charge is 2.16. The molecule has 0 fully saturated rings. The summed E-state index contributed by atoms with van der Waals surface area (Å²) < 4.78 is 14.6. The van der Waals surface area contributed by atoms with Crippen molar-refractivity contribution in [2.45, 2.75) is 6.92 Å². The summed E-state index contributed by atoms with van der Waals surface area (Å²) in [5.74, 6) is -1.14. The van der Waals surface area contributed by atoms with Gasteiger partial charge in [-0.2, -0.15) is 0 Å². The second-order valence-electron chi connectivity index (χ2n) is 3.62. The van der Waals surface area contributed by atoms with E-state index in [0.717, 1.165) is 3.79 Å². The summed E-state index contributed by atoms with van der Waals surface area (Å²) in [6.45, 7) is 1.56. The van der Waals surface area contributed by atoms with Crippen LogP contribution in [0.1, 0.15) is 15.9 Å². The highest BCUT2D eigenvalue weighted by molar-refractivity contribution is 9.11. The minimum atomic E-state index is -0.572. The van der Waals surface area contributed by atoms with E-state index in [-0.39, 0.29) is 5.56 Å². The van der Waals surface area contributed by atoms with Gasteiger partial charge >= 0.3 is 0 Å². The summed E-state index contributed by atoms with van der Waals surface area (Å²) in [4.78, 5) is 15.8. The summed E-state index contributed by atoms with van der Waals surface area (Å²) in [5, 5.41) is 2.91. The number of hydrogen-bond acceptors (Lipinski definition) is 4. The zero-order chi connectivity index (χ0) is 13.3. The van der Waals surface area contributed by atoms with E-state index in [1.165, 1.54) is 23.5 Å². The molecule has 1 aromatic heterocycles. The number of thiazole rings is 1. The molecule has 1 amide bonds. The molecule has 0 aliphatic carbocycles. The van der Waals surface area contributed by atoms with Gasteiger partial charge in [0.15, 0.2) is 5.13 Å². The lowest BCUT2D eigenvalue weighted by atomic mass is 10.1. The molecule has 0 saturated carbocycles. The molecule has 0 aliphatic rings. The lowest BCUT2D eigenvalue weighted by Crippen LogP contribution is -2.14. The predicted octanol–water partition coefficient (Wildman–Crippen LogP) is 3.19. The second-order valence-corrected chi connectivity index (χ2v) is 6.03. The summed E-state index contributed by atoms with van der Waals surface area (Å²) in [6, 6.07) is 2.78. The Bertz CT molecular complexity index is 614. The number of nitrogens with zero attached hydrogens (tertiary/aromatic N) is 1. The number of nitrogens with one attached hydrogen (secondary N) is 1. The molecule has 3 N–H and O–H groups in total. The maximum Gasteiger partial charge on any atom is 0.260 e. The molecule has 0 unspecified atom stereocenters. The Morgan fingerprint density at radius 2 is 2.28 bits per heavy atom. The van der Waals surface area contributed by atoms with Crippen molar-refractivity contribution in [1.29, 1.82) is 0 Å². The maximum absolute atomic E-state index is 13.8. The number of carbonyl (C=O) groups is 1. The number of aryl methyl sites for hydroxylation is 1. The van der Waals surface area contributed by atoms with Crippen molar-refractivity contribution >= 4 is 44.0 Å². The number of carbonyl (C=O) groups excluding carboxylic acids is 1. The number of anilines is 2. The van der Waals surface area contributed by atoms with E-state index < -0.39 is 11.7 Å².